The molecular weight excluding hydrogens is 412 g/mol. The van der Waals surface area contributed by atoms with Crippen molar-refractivity contribution in [1.29, 1.82) is 0 Å². The molecule has 3 aromatic rings. The maximum Gasteiger partial charge on any atom is 0.248 e. The Labute approximate surface area is 175 Å². The number of hydrogen-bond acceptors (Lipinski definition) is 7. The molecule has 0 radical (unpaired) electrons. The molecule has 1 aromatic carbocycles. The number of carbonyl (C=O) groups is 1. The molecule has 2 atom stereocenters. The van der Waals surface area contributed by atoms with E-state index in [2.05, 4.69) is 30.1 Å². The lowest BCUT2D eigenvalue weighted by Gasteiger charge is -2.23. The maximum atomic E-state index is 13.9. The molecule has 2 aromatic heterocycles. The first-order chi connectivity index (χ1) is 14.3. The van der Waals surface area contributed by atoms with Gasteiger partial charge in [0.15, 0.2) is 0 Å². The van der Waals surface area contributed by atoms with Crippen molar-refractivity contribution < 1.29 is 13.6 Å². The van der Waals surface area contributed by atoms with Gasteiger partial charge in [0.2, 0.25) is 22.8 Å². The Balaban J connectivity index is 1.60. The molecule has 1 fully saturated rings. The fourth-order valence-corrected chi connectivity index (χ4v) is 4.43. The van der Waals surface area contributed by atoms with Crippen LogP contribution in [0.5, 0.6) is 0 Å². The number of amides is 1. The van der Waals surface area contributed by atoms with Crippen molar-refractivity contribution in [2.45, 2.75) is 44.4 Å². The summed E-state index contributed by atoms with van der Waals surface area (Å²) in [4.78, 5) is 18.7. The molecule has 1 aliphatic carbocycles. The fourth-order valence-electron chi connectivity index (χ4n) is 3.78. The third-order valence-corrected chi connectivity index (χ3v) is 5.91. The SMILES string of the molecule is CCc1nsc(NC(=O)[C@H](c2ccc(-c3nnn(C)n3)cc2)[C@H]2CCC(F)(F)C2)n1. The third kappa shape index (κ3) is 4.35. The van der Waals surface area contributed by atoms with Gasteiger partial charge in [0, 0.05) is 36.4 Å². The topological polar surface area (TPSA) is 98.5 Å². The number of alkyl halides is 2. The van der Waals surface area contributed by atoms with Crippen LogP contribution in [0.15, 0.2) is 24.3 Å². The van der Waals surface area contributed by atoms with Crippen LogP contribution in [0.1, 0.15) is 43.5 Å². The van der Waals surface area contributed by atoms with Crippen molar-refractivity contribution in [3.63, 3.8) is 0 Å². The number of nitrogens with zero attached hydrogens (tertiary/aromatic N) is 6. The van der Waals surface area contributed by atoms with Crippen molar-refractivity contribution in [2.75, 3.05) is 5.32 Å². The number of carbonyl (C=O) groups excluding carboxylic acids is 1. The summed E-state index contributed by atoms with van der Waals surface area (Å²) >= 11 is 1.09. The van der Waals surface area contributed by atoms with Gasteiger partial charge in [-0.05, 0) is 23.1 Å². The van der Waals surface area contributed by atoms with Crippen molar-refractivity contribution in [1.82, 2.24) is 29.6 Å². The Morgan fingerprint density at radius 1 is 1.37 bits per heavy atom. The number of tetrazole rings is 1. The van der Waals surface area contributed by atoms with Crippen LogP contribution in [-0.2, 0) is 18.3 Å². The second-order valence-corrected chi connectivity index (χ2v) is 8.17. The summed E-state index contributed by atoms with van der Waals surface area (Å²) in [6.45, 7) is 1.92. The Morgan fingerprint density at radius 3 is 2.70 bits per heavy atom. The van der Waals surface area contributed by atoms with Crippen LogP contribution in [0.4, 0.5) is 13.9 Å². The Hall–Kier alpha value is -2.82. The minimum absolute atomic E-state index is 0.207. The first-order valence-corrected chi connectivity index (χ1v) is 10.5. The lowest BCUT2D eigenvalue weighted by molar-refractivity contribution is -0.118. The highest BCUT2D eigenvalue weighted by Crippen LogP contribution is 2.46. The first kappa shape index (κ1) is 20.5. The molecule has 1 aliphatic rings. The molecule has 0 aliphatic heterocycles. The van der Waals surface area contributed by atoms with Crippen molar-refractivity contribution in [3.05, 3.63) is 35.7 Å². The summed E-state index contributed by atoms with van der Waals surface area (Å²) in [7, 11) is 1.67. The van der Waals surface area contributed by atoms with Crippen molar-refractivity contribution >= 4 is 22.6 Å². The van der Waals surface area contributed by atoms with Gasteiger partial charge in [-0.25, -0.2) is 13.8 Å². The maximum absolute atomic E-state index is 13.9. The monoisotopic (exact) mass is 433 g/mol. The Bertz CT molecular complexity index is 1030. The number of halogens is 2. The van der Waals surface area contributed by atoms with Crippen molar-refractivity contribution in [2.24, 2.45) is 13.0 Å². The van der Waals surface area contributed by atoms with Gasteiger partial charge >= 0.3 is 0 Å². The first-order valence-electron chi connectivity index (χ1n) is 9.70. The molecule has 1 N–H and O–H groups in total. The molecule has 8 nitrogen and oxygen atoms in total. The summed E-state index contributed by atoms with van der Waals surface area (Å²) < 4.78 is 32.0. The molecule has 158 valence electrons. The van der Waals surface area contributed by atoms with Crippen LogP contribution in [0.2, 0.25) is 0 Å². The molecular formula is C19H21F2N7OS. The van der Waals surface area contributed by atoms with E-state index in [1.807, 2.05) is 6.92 Å². The molecule has 0 saturated heterocycles. The van der Waals surface area contributed by atoms with Crippen LogP contribution in [0.3, 0.4) is 0 Å². The van der Waals surface area contributed by atoms with Crippen molar-refractivity contribution in [3.8, 4) is 11.4 Å². The number of aryl methyl sites for hydroxylation is 2. The number of hydrogen-bond donors (Lipinski definition) is 1. The average molecular weight is 433 g/mol. The lowest BCUT2D eigenvalue weighted by Crippen LogP contribution is -2.27. The Morgan fingerprint density at radius 2 is 2.13 bits per heavy atom. The fraction of sp³-hybridized carbons (Fsp3) is 0.474. The van der Waals surface area contributed by atoms with E-state index in [9.17, 15) is 13.6 Å². The van der Waals surface area contributed by atoms with Gasteiger partial charge < -0.3 is 5.32 Å². The molecule has 1 saturated carbocycles. The lowest BCUT2D eigenvalue weighted by atomic mass is 9.83. The zero-order valence-corrected chi connectivity index (χ0v) is 17.4. The van der Waals surface area contributed by atoms with Crippen LogP contribution in [0, 0.1) is 5.92 Å². The average Bonchev–Trinajstić information content (AvgIpc) is 3.43. The van der Waals surface area contributed by atoms with Gasteiger partial charge in [0.25, 0.3) is 0 Å². The van der Waals surface area contributed by atoms with Crippen LogP contribution in [0.25, 0.3) is 11.4 Å². The van der Waals surface area contributed by atoms with Gasteiger partial charge in [-0.2, -0.15) is 9.17 Å². The second-order valence-electron chi connectivity index (χ2n) is 7.42. The molecule has 11 heteroatoms. The molecule has 0 unspecified atom stereocenters. The highest BCUT2D eigenvalue weighted by atomic mass is 32.1. The predicted octanol–water partition coefficient (Wildman–Crippen LogP) is 3.45. The standard InChI is InChI=1S/C19H21F2N7OS/c1-3-14-22-18(30-26-14)23-17(29)15(13-8-9-19(20,21)10-13)11-4-6-12(7-5-11)16-24-27-28(2)25-16/h4-7,13,15H,3,8-10H2,1-2H3,(H,22,23,26,29)/t13-,15+/m0/s1. The normalized spacial score (nSPS) is 19.0. The minimum atomic E-state index is -2.75. The van der Waals surface area contributed by atoms with Crippen LogP contribution in [-0.4, -0.2) is 41.4 Å². The number of aromatic nitrogens is 6. The molecule has 0 bridgehead atoms. The highest BCUT2D eigenvalue weighted by Gasteiger charge is 2.45. The number of anilines is 1. The largest absolute Gasteiger partial charge is 0.300 e. The van der Waals surface area contributed by atoms with Crippen LogP contribution >= 0.6 is 11.5 Å². The highest BCUT2D eigenvalue weighted by molar-refractivity contribution is 7.09. The number of rotatable bonds is 6. The van der Waals surface area contributed by atoms with Gasteiger partial charge in [-0.1, -0.05) is 31.2 Å². The molecule has 2 heterocycles. The summed E-state index contributed by atoms with van der Waals surface area (Å²) in [5, 5.41) is 15.1. The van der Waals surface area contributed by atoms with Gasteiger partial charge in [-0.3, -0.25) is 4.79 Å². The van der Waals surface area contributed by atoms with E-state index in [1.54, 1.807) is 31.3 Å². The zero-order chi connectivity index (χ0) is 21.3. The predicted molar refractivity (Wildman–Crippen MR) is 107 cm³/mol. The van der Waals surface area contributed by atoms with E-state index in [4.69, 9.17) is 0 Å². The summed E-state index contributed by atoms with van der Waals surface area (Å²) in [5.74, 6) is -3.17. The molecule has 1 amide bonds. The summed E-state index contributed by atoms with van der Waals surface area (Å²) in [5.41, 5.74) is 1.41. The summed E-state index contributed by atoms with van der Waals surface area (Å²) in [6.07, 6.45) is 0.425. The number of nitrogens with one attached hydrogen (secondary N) is 1. The quantitative estimate of drug-likeness (QED) is 0.639. The second kappa shape index (κ2) is 8.13. The minimum Gasteiger partial charge on any atom is -0.300 e. The van der Waals surface area contributed by atoms with E-state index in [0.29, 0.717) is 28.8 Å². The zero-order valence-electron chi connectivity index (χ0n) is 16.5. The molecule has 0 spiro atoms. The van der Waals surface area contributed by atoms with E-state index in [0.717, 1.165) is 17.1 Å². The smallest absolute Gasteiger partial charge is 0.248 e. The van der Waals surface area contributed by atoms with E-state index in [1.165, 1.54) is 4.80 Å². The van der Waals surface area contributed by atoms with Gasteiger partial charge in [0.05, 0.1) is 13.0 Å². The van der Waals surface area contributed by atoms with E-state index in [-0.39, 0.29) is 25.2 Å². The summed E-state index contributed by atoms with van der Waals surface area (Å²) in [6, 6.07) is 7.09. The van der Waals surface area contributed by atoms with Gasteiger partial charge in [0.1, 0.15) is 5.82 Å². The molecule has 30 heavy (non-hydrogen) atoms. The molecule has 4 rings (SSSR count). The van der Waals surface area contributed by atoms with Crippen LogP contribution < -0.4 is 5.32 Å². The Kier molecular flexibility index (Phi) is 5.54. The number of benzene rings is 1. The third-order valence-electron chi connectivity index (χ3n) is 5.25. The van der Waals surface area contributed by atoms with E-state index >= 15 is 0 Å². The van der Waals surface area contributed by atoms with Gasteiger partial charge in [-0.15, -0.1) is 10.2 Å². The van der Waals surface area contributed by atoms with E-state index < -0.39 is 17.8 Å².